The fourth-order valence-electron chi connectivity index (χ4n) is 2.40. The van der Waals surface area contributed by atoms with Crippen molar-refractivity contribution in [3.05, 3.63) is 51.3 Å². The van der Waals surface area contributed by atoms with Crippen LogP contribution in [0.25, 0.3) is 0 Å². The van der Waals surface area contributed by atoms with Crippen LogP contribution in [0.5, 0.6) is 0 Å². The minimum absolute atomic E-state index is 0.332. The molecule has 0 aliphatic heterocycles. The van der Waals surface area contributed by atoms with Crippen LogP contribution in [-0.2, 0) is 6.54 Å². The SMILES string of the molecule is CNC(C)c1c(C)nn(Cc2ccc(Br)cc2)c1C. The molecule has 1 aromatic heterocycles. The van der Waals surface area contributed by atoms with Gasteiger partial charge in [0.1, 0.15) is 0 Å². The van der Waals surface area contributed by atoms with Gasteiger partial charge in [-0.05, 0) is 45.5 Å². The summed E-state index contributed by atoms with van der Waals surface area (Å²) in [5.41, 5.74) is 4.91. The van der Waals surface area contributed by atoms with Crippen LogP contribution < -0.4 is 5.32 Å². The van der Waals surface area contributed by atoms with Gasteiger partial charge in [0.25, 0.3) is 0 Å². The molecular formula is C15H20BrN3. The van der Waals surface area contributed by atoms with Gasteiger partial charge in [-0.25, -0.2) is 0 Å². The molecule has 0 spiro atoms. The van der Waals surface area contributed by atoms with Crippen molar-refractivity contribution in [2.75, 3.05) is 7.05 Å². The van der Waals surface area contributed by atoms with E-state index in [9.17, 15) is 0 Å². The van der Waals surface area contributed by atoms with Gasteiger partial charge in [-0.3, -0.25) is 4.68 Å². The predicted molar refractivity (Wildman–Crippen MR) is 82.4 cm³/mol. The maximum atomic E-state index is 4.66. The number of benzene rings is 1. The molecular weight excluding hydrogens is 302 g/mol. The third kappa shape index (κ3) is 3.07. The van der Waals surface area contributed by atoms with Crippen LogP contribution >= 0.6 is 15.9 Å². The molecule has 1 N–H and O–H groups in total. The van der Waals surface area contributed by atoms with Crippen LogP contribution in [-0.4, -0.2) is 16.8 Å². The Bertz CT molecular complexity index is 558. The average Bonchev–Trinajstić information content (AvgIpc) is 2.66. The summed E-state index contributed by atoms with van der Waals surface area (Å²) in [7, 11) is 1.98. The molecule has 1 atom stereocenters. The molecule has 0 saturated heterocycles. The van der Waals surface area contributed by atoms with Crippen LogP contribution in [0.2, 0.25) is 0 Å². The topological polar surface area (TPSA) is 29.9 Å². The lowest BCUT2D eigenvalue weighted by molar-refractivity contribution is 0.632. The van der Waals surface area contributed by atoms with Gasteiger partial charge in [-0.1, -0.05) is 28.1 Å². The van der Waals surface area contributed by atoms with E-state index in [1.807, 2.05) is 7.05 Å². The summed E-state index contributed by atoms with van der Waals surface area (Å²) in [6.45, 7) is 7.20. The molecule has 2 aromatic rings. The quantitative estimate of drug-likeness (QED) is 0.932. The Hall–Kier alpha value is -1.13. The van der Waals surface area contributed by atoms with Gasteiger partial charge in [-0.15, -0.1) is 0 Å². The summed E-state index contributed by atoms with van der Waals surface area (Å²) in [6, 6.07) is 8.72. The molecule has 2 rings (SSSR count). The fourth-order valence-corrected chi connectivity index (χ4v) is 2.66. The maximum Gasteiger partial charge on any atom is 0.0662 e. The maximum absolute atomic E-state index is 4.66. The van der Waals surface area contributed by atoms with Crippen molar-refractivity contribution in [3.63, 3.8) is 0 Å². The van der Waals surface area contributed by atoms with Crippen LogP contribution in [0.4, 0.5) is 0 Å². The van der Waals surface area contributed by atoms with Crippen LogP contribution in [0.3, 0.4) is 0 Å². The fraction of sp³-hybridized carbons (Fsp3) is 0.400. The first kappa shape index (κ1) is 14.3. The van der Waals surface area contributed by atoms with E-state index in [1.54, 1.807) is 0 Å². The molecule has 0 bridgehead atoms. The Morgan fingerprint density at radius 1 is 1.26 bits per heavy atom. The van der Waals surface area contributed by atoms with Crippen molar-refractivity contribution in [1.29, 1.82) is 0 Å². The normalized spacial score (nSPS) is 12.7. The highest BCUT2D eigenvalue weighted by atomic mass is 79.9. The molecule has 1 heterocycles. The number of rotatable bonds is 4. The number of hydrogen-bond acceptors (Lipinski definition) is 2. The van der Waals surface area contributed by atoms with Crippen molar-refractivity contribution in [2.24, 2.45) is 0 Å². The first-order valence-corrected chi connectivity index (χ1v) is 7.28. The molecule has 19 heavy (non-hydrogen) atoms. The Morgan fingerprint density at radius 3 is 2.47 bits per heavy atom. The molecule has 0 amide bonds. The molecule has 0 radical (unpaired) electrons. The zero-order chi connectivity index (χ0) is 14.0. The zero-order valence-corrected chi connectivity index (χ0v) is 13.5. The molecule has 3 nitrogen and oxygen atoms in total. The largest absolute Gasteiger partial charge is 0.313 e. The van der Waals surface area contributed by atoms with Gasteiger partial charge >= 0.3 is 0 Å². The van der Waals surface area contributed by atoms with Gasteiger partial charge in [0.2, 0.25) is 0 Å². The molecule has 1 unspecified atom stereocenters. The Labute approximate surface area is 123 Å². The molecule has 1 aromatic carbocycles. The molecule has 0 fully saturated rings. The Balaban J connectivity index is 2.29. The highest BCUT2D eigenvalue weighted by molar-refractivity contribution is 9.10. The number of nitrogens with one attached hydrogen (secondary N) is 1. The number of aryl methyl sites for hydroxylation is 1. The van der Waals surface area contributed by atoms with Crippen molar-refractivity contribution in [3.8, 4) is 0 Å². The lowest BCUT2D eigenvalue weighted by atomic mass is 10.1. The number of hydrogen-bond donors (Lipinski definition) is 1. The van der Waals surface area contributed by atoms with Gasteiger partial charge in [0, 0.05) is 21.8 Å². The predicted octanol–water partition coefficient (Wildman–Crippen LogP) is 3.59. The summed E-state index contributed by atoms with van der Waals surface area (Å²) in [4.78, 5) is 0. The Morgan fingerprint density at radius 2 is 1.89 bits per heavy atom. The summed E-state index contributed by atoms with van der Waals surface area (Å²) in [5, 5.41) is 7.95. The van der Waals surface area contributed by atoms with Crippen molar-refractivity contribution in [2.45, 2.75) is 33.4 Å². The smallest absolute Gasteiger partial charge is 0.0662 e. The van der Waals surface area contributed by atoms with E-state index in [4.69, 9.17) is 0 Å². The van der Waals surface area contributed by atoms with E-state index < -0.39 is 0 Å². The molecule has 0 aliphatic rings. The summed E-state index contributed by atoms with van der Waals surface area (Å²) < 4.78 is 3.19. The van der Waals surface area contributed by atoms with Crippen LogP contribution in [0.1, 0.15) is 35.5 Å². The highest BCUT2D eigenvalue weighted by Gasteiger charge is 2.16. The average molecular weight is 322 g/mol. The van der Waals surface area contributed by atoms with Crippen LogP contribution in [0, 0.1) is 13.8 Å². The first-order chi connectivity index (χ1) is 9.02. The lowest BCUT2D eigenvalue weighted by Gasteiger charge is -2.11. The molecule has 102 valence electrons. The lowest BCUT2D eigenvalue weighted by Crippen LogP contribution is -2.14. The number of aromatic nitrogens is 2. The van der Waals surface area contributed by atoms with E-state index in [-0.39, 0.29) is 0 Å². The monoisotopic (exact) mass is 321 g/mol. The minimum Gasteiger partial charge on any atom is -0.313 e. The molecule has 0 saturated carbocycles. The Kier molecular flexibility index (Phi) is 4.42. The number of nitrogens with zero attached hydrogens (tertiary/aromatic N) is 2. The van der Waals surface area contributed by atoms with Crippen molar-refractivity contribution in [1.82, 2.24) is 15.1 Å². The van der Waals surface area contributed by atoms with Gasteiger partial charge in [0.05, 0.1) is 12.2 Å². The second-order valence-corrected chi connectivity index (χ2v) is 5.79. The first-order valence-electron chi connectivity index (χ1n) is 6.48. The summed E-state index contributed by atoms with van der Waals surface area (Å²) in [5.74, 6) is 0. The highest BCUT2D eigenvalue weighted by Crippen LogP contribution is 2.22. The molecule has 0 aliphatic carbocycles. The van der Waals surface area contributed by atoms with E-state index in [2.05, 4.69) is 76.1 Å². The van der Waals surface area contributed by atoms with E-state index >= 15 is 0 Å². The zero-order valence-electron chi connectivity index (χ0n) is 11.9. The van der Waals surface area contributed by atoms with Gasteiger partial charge < -0.3 is 5.32 Å². The van der Waals surface area contributed by atoms with Gasteiger partial charge in [0.15, 0.2) is 0 Å². The van der Waals surface area contributed by atoms with Gasteiger partial charge in [-0.2, -0.15) is 5.10 Å². The third-order valence-corrected chi connectivity index (χ3v) is 4.08. The van der Waals surface area contributed by atoms with E-state index in [0.717, 1.165) is 16.7 Å². The second kappa shape index (κ2) is 5.88. The molecule has 4 heteroatoms. The number of halogens is 1. The third-order valence-electron chi connectivity index (χ3n) is 3.55. The standard InChI is InChI=1S/C15H20BrN3/c1-10(17-4)15-11(2)18-19(12(15)3)9-13-5-7-14(16)8-6-13/h5-8,10,17H,9H2,1-4H3. The summed E-state index contributed by atoms with van der Waals surface area (Å²) >= 11 is 3.46. The summed E-state index contributed by atoms with van der Waals surface area (Å²) in [6.07, 6.45) is 0. The second-order valence-electron chi connectivity index (χ2n) is 4.88. The minimum atomic E-state index is 0.332. The van der Waals surface area contributed by atoms with Crippen molar-refractivity contribution < 1.29 is 0 Å². The van der Waals surface area contributed by atoms with E-state index in [0.29, 0.717) is 6.04 Å². The van der Waals surface area contributed by atoms with E-state index in [1.165, 1.54) is 16.8 Å². The van der Waals surface area contributed by atoms with Crippen LogP contribution in [0.15, 0.2) is 28.7 Å². The van der Waals surface area contributed by atoms with Crippen molar-refractivity contribution >= 4 is 15.9 Å².